The van der Waals surface area contributed by atoms with E-state index >= 15 is 0 Å². The zero-order valence-electron chi connectivity index (χ0n) is 4.56. The molecular weight excluding hydrogens is 232 g/mol. The van der Waals surface area contributed by atoms with Gasteiger partial charge in [-0.2, -0.15) is 4.39 Å². The lowest BCUT2D eigenvalue weighted by Crippen LogP contribution is -1.86. The van der Waals surface area contributed by atoms with E-state index < -0.39 is 5.95 Å². The summed E-state index contributed by atoms with van der Waals surface area (Å²) in [6.07, 6.45) is 1.41. The second-order valence-corrected chi connectivity index (χ2v) is 2.76. The third kappa shape index (κ3) is 1.61. The standard InChI is InChI=1S/C6H4FIN/c1-4-3-9-6(7)2-5(4)8/h2-3H,1H2. The van der Waals surface area contributed by atoms with Gasteiger partial charge in [0.2, 0.25) is 5.95 Å². The Labute approximate surface area is 66.4 Å². The molecule has 1 aromatic rings. The Hall–Kier alpha value is -0.190. The van der Waals surface area contributed by atoms with Crippen LogP contribution in [0, 0.1) is 16.4 Å². The molecule has 1 heterocycles. The number of hydrogen-bond donors (Lipinski definition) is 0. The molecule has 0 aliphatic heterocycles. The van der Waals surface area contributed by atoms with Gasteiger partial charge in [0.1, 0.15) is 0 Å². The molecule has 0 N–H and O–H groups in total. The van der Waals surface area contributed by atoms with Crippen LogP contribution in [0.15, 0.2) is 12.3 Å². The summed E-state index contributed by atoms with van der Waals surface area (Å²) in [5, 5.41) is 0. The molecule has 0 spiro atoms. The molecular formula is C6H4FIN. The van der Waals surface area contributed by atoms with Crippen LogP contribution in [0.2, 0.25) is 0 Å². The predicted molar refractivity (Wildman–Crippen MR) is 41.4 cm³/mol. The molecule has 47 valence electrons. The van der Waals surface area contributed by atoms with Gasteiger partial charge in [-0.25, -0.2) is 4.98 Å². The highest BCUT2D eigenvalue weighted by Crippen LogP contribution is 2.09. The molecule has 0 bridgehead atoms. The van der Waals surface area contributed by atoms with Crippen molar-refractivity contribution in [3.8, 4) is 0 Å². The van der Waals surface area contributed by atoms with E-state index in [0.29, 0.717) is 0 Å². The minimum atomic E-state index is -0.452. The van der Waals surface area contributed by atoms with Gasteiger partial charge in [0.15, 0.2) is 0 Å². The third-order valence-corrected chi connectivity index (χ3v) is 1.90. The van der Waals surface area contributed by atoms with Gasteiger partial charge in [0, 0.05) is 15.8 Å². The molecule has 0 fully saturated rings. The van der Waals surface area contributed by atoms with Crippen LogP contribution in [0.1, 0.15) is 5.56 Å². The number of nitrogens with zero attached hydrogens (tertiary/aromatic N) is 1. The zero-order valence-corrected chi connectivity index (χ0v) is 6.72. The first kappa shape index (κ1) is 6.92. The van der Waals surface area contributed by atoms with E-state index in [-0.39, 0.29) is 0 Å². The first-order valence-electron chi connectivity index (χ1n) is 2.33. The second kappa shape index (κ2) is 2.60. The van der Waals surface area contributed by atoms with Crippen LogP contribution in [-0.4, -0.2) is 4.98 Å². The smallest absolute Gasteiger partial charge is 0.213 e. The maximum Gasteiger partial charge on any atom is 0.213 e. The van der Waals surface area contributed by atoms with Gasteiger partial charge >= 0.3 is 0 Å². The molecule has 0 aliphatic carbocycles. The van der Waals surface area contributed by atoms with Gasteiger partial charge in [-0.1, -0.05) is 0 Å². The average molecular weight is 236 g/mol. The summed E-state index contributed by atoms with van der Waals surface area (Å²) in [6, 6.07) is 1.35. The fourth-order valence-electron chi connectivity index (χ4n) is 0.436. The Bertz CT molecular complexity index is 224. The maximum atomic E-state index is 12.2. The number of rotatable bonds is 0. The summed E-state index contributed by atoms with van der Waals surface area (Å²) in [4.78, 5) is 3.41. The highest BCUT2D eigenvalue weighted by Gasteiger charge is 1.95. The van der Waals surface area contributed by atoms with Gasteiger partial charge in [-0.15, -0.1) is 0 Å². The lowest BCUT2D eigenvalue weighted by atomic mass is 10.3. The molecule has 0 aromatic carbocycles. The molecule has 1 rings (SSSR count). The number of aromatic nitrogens is 1. The van der Waals surface area contributed by atoms with E-state index in [0.717, 1.165) is 9.13 Å². The molecule has 0 saturated heterocycles. The van der Waals surface area contributed by atoms with Crippen LogP contribution in [0.25, 0.3) is 0 Å². The predicted octanol–water partition coefficient (Wildman–Crippen LogP) is 2.01. The van der Waals surface area contributed by atoms with Crippen molar-refractivity contribution in [1.82, 2.24) is 4.98 Å². The van der Waals surface area contributed by atoms with Gasteiger partial charge in [-0.3, -0.25) is 0 Å². The maximum absolute atomic E-state index is 12.2. The molecule has 1 radical (unpaired) electrons. The van der Waals surface area contributed by atoms with Crippen molar-refractivity contribution in [2.45, 2.75) is 0 Å². The largest absolute Gasteiger partial charge is 0.228 e. The lowest BCUT2D eigenvalue weighted by Gasteiger charge is -1.93. The number of hydrogen-bond acceptors (Lipinski definition) is 1. The van der Waals surface area contributed by atoms with Crippen LogP contribution < -0.4 is 0 Å². The fraction of sp³-hybridized carbons (Fsp3) is 0. The van der Waals surface area contributed by atoms with Crippen molar-refractivity contribution in [3.05, 3.63) is 34.3 Å². The summed E-state index contributed by atoms with van der Waals surface area (Å²) >= 11 is 2.01. The van der Waals surface area contributed by atoms with Crippen molar-refractivity contribution in [1.29, 1.82) is 0 Å². The van der Waals surface area contributed by atoms with E-state index in [1.54, 1.807) is 0 Å². The number of halogens is 2. The van der Waals surface area contributed by atoms with Crippen molar-refractivity contribution in [3.63, 3.8) is 0 Å². The molecule has 9 heavy (non-hydrogen) atoms. The molecule has 3 heteroatoms. The van der Waals surface area contributed by atoms with E-state index in [4.69, 9.17) is 0 Å². The van der Waals surface area contributed by atoms with Gasteiger partial charge < -0.3 is 0 Å². The minimum absolute atomic E-state index is 0.452. The third-order valence-electron chi connectivity index (χ3n) is 0.896. The Kier molecular flexibility index (Phi) is 2.00. The van der Waals surface area contributed by atoms with Crippen LogP contribution in [0.3, 0.4) is 0 Å². The average Bonchev–Trinajstić information content (AvgIpc) is 1.80. The van der Waals surface area contributed by atoms with Crippen LogP contribution in [0.4, 0.5) is 4.39 Å². The topological polar surface area (TPSA) is 12.9 Å². The Balaban J connectivity index is 3.17. The molecule has 0 saturated carbocycles. The van der Waals surface area contributed by atoms with Crippen molar-refractivity contribution in [2.75, 3.05) is 0 Å². The fourth-order valence-corrected chi connectivity index (χ4v) is 0.832. The first-order chi connectivity index (χ1) is 4.20. The van der Waals surface area contributed by atoms with Crippen LogP contribution >= 0.6 is 22.6 Å². The summed E-state index contributed by atoms with van der Waals surface area (Å²) in [6.45, 7) is 3.62. The highest BCUT2D eigenvalue weighted by atomic mass is 127. The summed E-state index contributed by atoms with van der Waals surface area (Å²) in [7, 11) is 0. The Morgan fingerprint density at radius 3 is 2.78 bits per heavy atom. The summed E-state index contributed by atoms with van der Waals surface area (Å²) in [5.74, 6) is -0.452. The lowest BCUT2D eigenvalue weighted by molar-refractivity contribution is 0.582. The summed E-state index contributed by atoms with van der Waals surface area (Å²) < 4.78 is 13.0. The normalized spacial score (nSPS) is 9.67. The van der Waals surface area contributed by atoms with E-state index in [2.05, 4.69) is 11.9 Å². The summed E-state index contributed by atoms with van der Waals surface area (Å²) in [5.41, 5.74) is 0.761. The molecule has 1 aromatic heterocycles. The number of pyridine rings is 1. The van der Waals surface area contributed by atoms with Crippen LogP contribution in [-0.2, 0) is 0 Å². The Morgan fingerprint density at radius 2 is 2.33 bits per heavy atom. The monoisotopic (exact) mass is 236 g/mol. The Morgan fingerprint density at radius 1 is 1.67 bits per heavy atom. The molecule has 0 amide bonds. The quantitative estimate of drug-likeness (QED) is 0.496. The van der Waals surface area contributed by atoms with E-state index in [9.17, 15) is 4.39 Å². The van der Waals surface area contributed by atoms with Crippen LogP contribution in [0.5, 0.6) is 0 Å². The molecule has 0 unspecified atom stereocenters. The van der Waals surface area contributed by atoms with Crippen molar-refractivity contribution in [2.24, 2.45) is 0 Å². The van der Waals surface area contributed by atoms with E-state index in [1.807, 2.05) is 22.6 Å². The minimum Gasteiger partial charge on any atom is -0.228 e. The van der Waals surface area contributed by atoms with Crippen molar-refractivity contribution < 1.29 is 4.39 Å². The second-order valence-electron chi connectivity index (χ2n) is 1.60. The van der Waals surface area contributed by atoms with E-state index in [1.165, 1.54) is 12.3 Å². The molecule has 0 aliphatic rings. The first-order valence-corrected chi connectivity index (χ1v) is 3.41. The molecule has 1 nitrogen and oxygen atoms in total. The SMILES string of the molecule is [CH2]c1cnc(F)cc1I. The van der Waals surface area contributed by atoms with Gasteiger partial charge in [-0.05, 0) is 35.1 Å². The van der Waals surface area contributed by atoms with Gasteiger partial charge in [0.25, 0.3) is 0 Å². The highest BCUT2D eigenvalue weighted by molar-refractivity contribution is 14.1. The molecule has 0 atom stereocenters. The zero-order chi connectivity index (χ0) is 6.85. The van der Waals surface area contributed by atoms with Crippen molar-refractivity contribution >= 4 is 22.6 Å². The van der Waals surface area contributed by atoms with Gasteiger partial charge in [0.05, 0.1) is 0 Å².